The van der Waals surface area contributed by atoms with Crippen molar-refractivity contribution in [1.82, 2.24) is 9.13 Å². The monoisotopic (exact) mass is 232 g/mol. The Bertz CT molecular complexity index is 423. The van der Waals surface area contributed by atoms with Crippen LogP contribution in [0.1, 0.15) is 13.0 Å². The van der Waals surface area contributed by atoms with Crippen molar-refractivity contribution >= 4 is 18.6 Å². The number of carboxylic acids is 1. The Hall–Kier alpha value is -1.37. The molecule has 1 unspecified atom stereocenters. The quantitative estimate of drug-likeness (QED) is 0.634. The van der Waals surface area contributed by atoms with Gasteiger partial charge < -0.3 is 10.2 Å². The van der Waals surface area contributed by atoms with Crippen molar-refractivity contribution in [2.45, 2.75) is 19.5 Å². The SMILES string of the molecule is CC(CS)n1c(O)cn(CC(=O)O)c1=O. The first-order valence-electron chi connectivity index (χ1n) is 4.30. The minimum Gasteiger partial charge on any atom is -0.493 e. The summed E-state index contributed by atoms with van der Waals surface area (Å²) in [7, 11) is 0. The summed E-state index contributed by atoms with van der Waals surface area (Å²) in [5, 5.41) is 18.0. The number of carboxylic acid groups (broad SMARTS) is 1. The number of hydrogen-bond acceptors (Lipinski definition) is 4. The van der Waals surface area contributed by atoms with Crippen molar-refractivity contribution in [3.05, 3.63) is 16.7 Å². The molecule has 0 amide bonds. The molecule has 1 rings (SSSR count). The third kappa shape index (κ3) is 2.35. The largest absolute Gasteiger partial charge is 0.493 e. The van der Waals surface area contributed by atoms with E-state index in [0.717, 1.165) is 15.3 Å². The first-order chi connectivity index (χ1) is 6.97. The Kier molecular flexibility index (Phi) is 3.46. The molecule has 1 heterocycles. The fraction of sp³-hybridized carbons (Fsp3) is 0.500. The van der Waals surface area contributed by atoms with Crippen LogP contribution in [0.2, 0.25) is 0 Å². The van der Waals surface area contributed by atoms with Crippen LogP contribution in [0.3, 0.4) is 0 Å². The molecular formula is C8H12N2O4S. The Labute approximate surface area is 91.2 Å². The van der Waals surface area contributed by atoms with Crippen molar-refractivity contribution in [1.29, 1.82) is 0 Å². The summed E-state index contributed by atoms with van der Waals surface area (Å²) < 4.78 is 2.05. The van der Waals surface area contributed by atoms with E-state index in [0.29, 0.717) is 5.75 Å². The van der Waals surface area contributed by atoms with Crippen LogP contribution in [0.15, 0.2) is 11.0 Å². The Morgan fingerprint density at radius 2 is 2.27 bits per heavy atom. The normalized spacial score (nSPS) is 12.7. The summed E-state index contributed by atoms with van der Waals surface area (Å²) in [6, 6.07) is -0.282. The third-order valence-electron chi connectivity index (χ3n) is 1.98. The maximum absolute atomic E-state index is 11.6. The highest BCUT2D eigenvalue weighted by Gasteiger charge is 2.15. The van der Waals surface area contributed by atoms with E-state index in [1.807, 2.05) is 0 Å². The van der Waals surface area contributed by atoms with E-state index < -0.39 is 18.2 Å². The maximum atomic E-state index is 11.6. The van der Waals surface area contributed by atoms with Gasteiger partial charge in [-0.15, -0.1) is 0 Å². The zero-order chi connectivity index (χ0) is 11.6. The Morgan fingerprint density at radius 3 is 2.73 bits per heavy atom. The molecule has 0 bridgehead atoms. The lowest BCUT2D eigenvalue weighted by Gasteiger charge is -2.08. The van der Waals surface area contributed by atoms with Gasteiger partial charge in [0.15, 0.2) is 0 Å². The van der Waals surface area contributed by atoms with Gasteiger partial charge in [-0.25, -0.2) is 4.79 Å². The maximum Gasteiger partial charge on any atom is 0.331 e. The highest BCUT2D eigenvalue weighted by Crippen LogP contribution is 2.14. The highest BCUT2D eigenvalue weighted by atomic mass is 32.1. The van der Waals surface area contributed by atoms with Gasteiger partial charge in [0.2, 0.25) is 5.88 Å². The zero-order valence-corrected chi connectivity index (χ0v) is 9.02. The molecule has 0 aliphatic rings. The standard InChI is InChI=1S/C8H12N2O4S/c1-5(4-15)10-6(11)2-9(8(10)14)3-7(12)13/h2,5,11,15H,3-4H2,1H3,(H,12,13). The van der Waals surface area contributed by atoms with Gasteiger partial charge in [-0.1, -0.05) is 0 Å². The second-order valence-electron chi connectivity index (χ2n) is 3.19. The first-order valence-corrected chi connectivity index (χ1v) is 4.94. The minimum absolute atomic E-state index is 0.247. The summed E-state index contributed by atoms with van der Waals surface area (Å²) in [5.74, 6) is -1.000. The van der Waals surface area contributed by atoms with Gasteiger partial charge in [-0.3, -0.25) is 13.9 Å². The molecule has 0 saturated carbocycles. The van der Waals surface area contributed by atoms with Crippen molar-refractivity contribution in [2.24, 2.45) is 0 Å². The van der Waals surface area contributed by atoms with Crippen molar-refractivity contribution in [2.75, 3.05) is 5.75 Å². The van der Waals surface area contributed by atoms with Gasteiger partial charge in [0.25, 0.3) is 0 Å². The van der Waals surface area contributed by atoms with E-state index in [1.54, 1.807) is 6.92 Å². The summed E-state index contributed by atoms with van der Waals surface area (Å²) in [6.07, 6.45) is 1.11. The van der Waals surface area contributed by atoms with Crippen LogP contribution < -0.4 is 5.69 Å². The van der Waals surface area contributed by atoms with E-state index in [4.69, 9.17) is 5.11 Å². The number of hydrogen-bond donors (Lipinski definition) is 3. The molecule has 1 atom stereocenters. The lowest BCUT2D eigenvalue weighted by Crippen LogP contribution is -2.28. The molecule has 0 spiro atoms. The fourth-order valence-electron chi connectivity index (χ4n) is 1.25. The Morgan fingerprint density at radius 1 is 1.67 bits per heavy atom. The molecule has 1 aromatic heterocycles. The molecule has 0 aliphatic carbocycles. The smallest absolute Gasteiger partial charge is 0.331 e. The zero-order valence-electron chi connectivity index (χ0n) is 8.12. The van der Waals surface area contributed by atoms with Crippen LogP contribution >= 0.6 is 12.6 Å². The van der Waals surface area contributed by atoms with Crippen LogP contribution in [0.5, 0.6) is 5.88 Å². The second kappa shape index (κ2) is 4.43. The predicted octanol–water partition coefficient (Wildman–Crippen LogP) is -0.0692. The fourth-order valence-corrected chi connectivity index (χ4v) is 1.41. The summed E-state index contributed by atoms with van der Waals surface area (Å²) in [6.45, 7) is 1.25. The van der Waals surface area contributed by atoms with E-state index in [1.165, 1.54) is 0 Å². The van der Waals surface area contributed by atoms with Crippen LogP contribution in [-0.2, 0) is 11.3 Å². The molecule has 7 heteroatoms. The van der Waals surface area contributed by atoms with E-state index in [9.17, 15) is 14.7 Å². The van der Waals surface area contributed by atoms with Gasteiger partial charge in [-0.2, -0.15) is 12.6 Å². The van der Waals surface area contributed by atoms with Crippen molar-refractivity contribution < 1.29 is 15.0 Å². The van der Waals surface area contributed by atoms with Crippen LogP contribution in [-0.4, -0.2) is 31.1 Å². The molecular weight excluding hydrogens is 220 g/mol. The van der Waals surface area contributed by atoms with Gasteiger partial charge in [0.05, 0.1) is 6.20 Å². The van der Waals surface area contributed by atoms with Crippen molar-refractivity contribution in [3.63, 3.8) is 0 Å². The number of rotatable bonds is 4. The molecule has 1 aromatic rings. The van der Waals surface area contributed by atoms with Crippen LogP contribution in [0, 0.1) is 0 Å². The van der Waals surface area contributed by atoms with E-state index in [-0.39, 0.29) is 11.9 Å². The van der Waals surface area contributed by atoms with Crippen molar-refractivity contribution in [3.8, 4) is 5.88 Å². The molecule has 0 fully saturated rings. The molecule has 0 saturated heterocycles. The highest BCUT2D eigenvalue weighted by molar-refractivity contribution is 7.80. The van der Waals surface area contributed by atoms with Gasteiger partial charge >= 0.3 is 11.7 Å². The number of thiol groups is 1. The Balaban J connectivity index is 3.15. The number of aromatic hydroxyl groups is 1. The van der Waals surface area contributed by atoms with E-state index >= 15 is 0 Å². The topological polar surface area (TPSA) is 84.5 Å². The molecule has 6 nitrogen and oxygen atoms in total. The third-order valence-corrected chi connectivity index (χ3v) is 2.51. The van der Waals surface area contributed by atoms with Crippen LogP contribution in [0.25, 0.3) is 0 Å². The number of carbonyl (C=O) groups is 1. The molecule has 0 aromatic carbocycles. The average molecular weight is 232 g/mol. The van der Waals surface area contributed by atoms with Gasteiger partial charge in [0, 0.05) is 11.8 Å². The number of aromatic nitrogens is 2. The summed E-state index contributed by atoms with van der Waals surface area (Å²) in [4.78, 5) is 22.0. The number of imidazole rings is 1. The number of aliphatic carboxylic acids is 1. The average Bonchev–Trinajstić information content (AvgIpc) is 2.40. The predicted molar refractivity (Wildman–Crippen MR) is 56.6 cm³/mol. The lowest BCUT2D eigenvalue weighted by molar-refractivity contribution is -0.137. The second-order valence-corrected chi connectivity index (χ2v) is 3.56. The number of nitrogens with zero attached hydrogens (tertiary/aromatic N) is 2. The van der Waals surface area contributed by atoms with Gasteiger partial charge in [-0.05, 0) is 6.92 Å². The van der Waals surface area contributed by atoms with Gasteiger partial charge in [0.1, 0.15) is 6.54 Å². The molecule has 0 aliphatic heterocycles. The molecule has 15 heavy (non-hydrogen) atoms. The van der Waals surface area contributed by atoms with Crippen LogP contribution in [0.4, 0.5) is 0 Å². The molecule has 2 N–H and O–H groups in total. The molecule has 84 valence electrons. The summed E-state index contributed by atoms with van der Waals surface area (Å²) >= 11 is 4.00. The first kappa shape index (κ1) is 11.7. The minimum atomic E-state index is -1.13. The summed E-state index contributed by atoms with van der Waals surface area (Å²) in [5.41, 5.74) is -0.545. The molecule has 0 radical (unpaired) electrons. The van der Waals surface area contributed by atoms with E-state index in [2.05, 4.69) is 12.6 Å². The lowest BCUT2D eigenvalue weighted by atomic mass is 10.4.